The van der Waals surface area contributed by atoms with Gasteiger partial charge < -0.3 is 20.2 Å². The minimum absolute atomic E-state index is 0.135. The number of halogens is 1. The molecule has 0 radical (unpaired) electrons. The molecule has 10 heteroatoms. The summed E-state index contributed by atoms with van der Waals surface area (Å²) in [6.45, 7) is 11.7. The number of rotatable bonds is 8. The van der Waals surface area contributed by atoms with Gasteiger partial charge in [-0.3, -0.25) is 24.2 Å². The normalized spacial score (nSPS) is 24.1. The number of aryl methyl sites for hydroxylation is 1. The van der Waals surface area contributed by atoms with E-state index in [2.05, 4.69) is 56.9 Å². The molecular weight excluding hydrogens is 706 g/mol. The number of piperidine rings is 1. The quantitative estimate of drug-likeness (QED) is 0.208. The average molecular weight is 752 g/mol. The fraction of sp³-hybridized carbons (Fsp3) is 0.370. The zero-order chi connectivity index (χ0) is 38.2. The smallest absolute Gasteiger partial charge is 0.262 e. The van der Waals surface area contributed by atoms with Crippen LogP contribution in [0.25, 0.3) is 0 Å². The van der Waals surface area contributed by atoms with E-state index in [4.69, 9.17) is 0 Å². The van der Waals surface area contributed by atoms with E-state index in [0.29, 0.717) is 47.3 Å². The van der Waals surface area contributed by atoms with E-state index in [0.717, 1.165) is 86.8 Å². The van der Waals surface area contributed by atoms with Crippen molar-refractivity contribution in [2.24, 2.45) is 11.8 Å². The van der Waals surface area contributed by atoms with E-state index in [-0.39, 0.29) is 35.4 Å². The first kappa shape index (κ1) is 35.1. The van der Waals surface area contributed by atoms with Crippen LogP contribution in [0.1, 0.15) is 85.2 Å². The molecule has 9 nitrogen and oxygen atoms in total. The lowest BCUT2D eigenvalue weighted by Gasteiger charge is -2.48. The van der Waals surface area contributed by atoms with Crippen LogP contribution in [-0.2, 0) is 24.3 Å². The van der Waals surface area contributed by atoms with E-state index < -0.39 is 6.04 Å². The van der Waals surface area contributed by atoms with Gasteiger partial charge in [0.25, 0.3) is 11.8 Å². The average Bonchev–Trinajstić information content (AvgIpc) is 3.66. The zero-order valence-corrected chi connectivity index (χ0v) is 31.4. The Morgan fingerprint density at radius 2 is 1.36 bits per heavy atom. The topological polar surface area (TPSA) is 96.4 Å². The molecule has 1 aliphatic carbocycles. The maximum Gasteiger partial charge on any atom is 0.262 e. The molecule has 0 bridgehead atoms. The molecule has 0 spiro atoms. The predicted molar refractivity (Wildman–Crippen MR) is 211 cm³/mol. The second-order valence-electron chi connectivity index (χ2n) is 17.0. The molecule has 286 valence electrons. The van der Waals surface area contributed by atoms with Crippen LogP contribution in [0.2, 0.25) is 0 Å². The molecule has 56 heavy (non-hydrogen) atoms. The van der Waals surface area contributed by atoms with Crippen molar-refractivity contribution in [1.82, 2.24) is 20.0 Å². The van der Waals surface area contributed by atoms with Gasteiger partial charge in [0.2, 0.25) is 5.91 Å². The number of nitrogens with one attached hydrogen (secondary N) is 1. The number of phenolic OH excluding ortho intramolecular Hbond substituents is 1. The Kier molecular flexibility index (Phi) is 8.60. The molecule has 3 fully saturated rings. The number of hydrogen-bond acceptors (Lipinski definition) is 7. The summed E-state index contributed by atoms with van der Waals surface area (Å²) in [5, 5.41) is 12.9. The lowest BCUT2D eigenvalue weighted by atomic mass is 9.69. The van der Waals surface area contributed by atoms with E-state index in [1.54, 1.807) is 18.2 Å². The zero-order valence-electron chi connectivity index (χ0n) is 31.4. The fourth-order valence-corrected chi connectivity index (χ4v) is 10.4. The molecule has 0 aromatic heterocycles. The highest BCUT2D eigenvalue weighted by Gasteiger charge is 2.45. The first-order chi connectivity index (χ1) is 27.1. The van der Waals surface area contributed by atoms with Gasteiger partial charge in [-0.2, -0.15) is 0 Å². The van der Waals surface area contributed by atoms with Gasteiger partial charge in [0.1, 0.15) is 17.6 Å². The summed E-state index contributed by atoms with van der Waals surface area (Å²) in [6, 6.07) is 24.7. The van der Waals surface area contributed by atoms with Crippen molar-refractivity contribution in [3.8, 4) is 5.75 Å². The second-order valence-corrected chi connectivity index (χ2v) is 17.0. The molecule has 3 amide bonds. The third-order valence-corrected chi connectivity index (χ3v) is 13.2. The summed E-state index contributed by atoms with van der Waals surface area (Å²) in [7, 11) is 0. The number of aromatic hydroxyl groups is 1. The molecule has 3 atom stereocenters. The van der Waals surface area contributed by atoms with Crippen LogP contribution < -0.4 is 10.2 Å². The number of imide groups is 1. The van der Waals surface area contributed by atoms with Crippen molar-refractivity contribution in [1.29, 1.82) is 0 Å². The number of carbonyl (C=O) groups excluding carboxylic acids is 3. The molecule has 10 rings (SSSR count). The van der Waals surface area contributed by atoms with Crippen molar-refractivity contribution in [3.63, 3.8) is 0 Å². The van der Waals surface area contributed by atoms with Crippen molar-refractivity contribution >= 4 is 23.4 Å². The van der Waals surface area contributed by atoms with E-state index in [1.165, 1.54) is 22.4 Å². The van der Waals surface area contributed by atoms with E-state index in [9.17, 15) is 23.9 Å². The van der Waals surface area contributed by atoms with Gasteiger partial charge in [-0.05, 0) is 119 Å². The number of allylic oxidation sites excluding steroid dienone is 1. The number of phenols is 1. The summed E-state index contributed by atoms with van der Waals surface area (Å²) in [5.74, 6) is 0.613. The molecule has 6 aliphatic rings. The molecular formula is C46H46FN5O4. The molecule has 2 N–H and O–H groups in total. The number of anilines is 1. The Morgan fingerprint density at radius 1 is 0.714 bits per heavy atom. The number of amides is 3. The van der Waals surface area contributed by atoms with Crippen molar-refractivity contribution < 1.29 is 23.9 Å². The number of carbonyl (C=O) groups is 3. The van der Waals surface area contributed by atoms with Crippen LogP contribution in [0.3, 0.4) is 0 Å². The lowest BCUT2D eigenvalue weighted by molar-refractivity contribution is -0.125. The summed E-state index contributed by atoms with van der Waals surface area (Å²) < 4.78 is 13.8. The minimum Gasteiger partial charge on any atom is -0.508 e. The first-order valence-corrected chi connectivity index (χ1v) is 20.0. The van der Waals surface area contributed by atoms with Crippen LogP contribution in [0.15, 0.2) is 91.1 Å². The second kappa shape index (κ2) is 13.7. The maximum absolute atomic E-state index is 13.8. The van der Waals surface area contributed by atoms with Crippen LogP contribution in [0.5, 0.6) is 5.75 Å². The van der Waals surface area contributed by atoms with Gasteiger partial charge in [-0.15, -0.1) is 0 Å². The van der Waals surface area contributed by atoms with Crippen molar-refractivity contribution in [3.05, 3.63) is 141 Å². The number of hydrogen-bond donors (Lipinski definition) is 2. The number of fused-ring (bicyclic) bond motifs is 3. The van der Waals surface area contributed by atoms with Gasteiger partial charge in [0, 0.05) is 75.6 Å². The van der Waals surface area contributed by atoms with Gasteiger partial charge in [0.05, 0.1) is 11.1 Å². The number of benzene rings is 4. The molecule has 3 unspecified atom stereocenters. The highest BCUT2D eigenvalue weighted by Crippen LogP contribution is 2.47. The fourth-order valence-electron chi connectivity index (χ4n) is 10.4. The largest absolute Gasteiger partial charge is 0.508 e. The van der Waals surface area contributed by atoms with Crippen molar-refractivity contribution in [2.75, 3.05) is 44.2 Å². The standard InChI is InChI=1S/C46H46FN5O4/c1-27-2-15-42(44(54)48-27)52-45(55)40-17-33-25-50(26-34(33)18-41(40)46(52)56)21-28-19-49(20-28)22-29-23-51(24-29)36-10-5-31(6-11-36)43-38(30-3-8-35(47)9-4-30)13-7-32-16-37(53)12-14-39(32)43/h3-6,8-12,14,16-18,28-29,38,42-43,53H,1-2,7,13,15,19-26H2,(H,48,54). The van der Waals surface area contributed by atoms with Crippen LogP contribution >= 0.6 is 0 Å². The Morgan fingerprint density at radius 3 is 2.04 bits per heavy atom. The summed E-state index contributed by atoms with van der Waals surface area (Å²) >= 11 is 0. The Bertz CT molecular complexity index is 2220. The Balaban J connectivity index is 0.711. The molecule has 5 aliphatic heterocycles. The molecule has 5 heterocycles. The van der Waals surface area contributed by atoms with Gasteiger partial charge in [-0.1, -0.05) is 36.9 Å². The number of likely N-dealkylation sites (tertiary alicyclic amines) is 1. The minimum atomic E-state index is -0.789. The SMILES string of the molecule is C=C1CCC(N2C(=O)c3cc4c(cc3C2=O)CN(CC2CN(CC3CN(c5ccc(C6c7ccc(O)cc7CCC6c6ccc(F)cc6)cc5)C3)C2)C4)C(=O)N1. The van der Waals surface area contributed by atoms with E-state index in [1.807, 2.05) is 30.3 Å². The van der Waals surface area contributed by atoms with Crippen LogP contribution in [0, 0.1) is 17.7 Å². The Labute approximate surface area is 326 Å². The van der Waals surface area contributed by atoms with Crippen molar-refractivity contribution in [2.45, 2.75) is 56.7 Å². The third kappa shape index (κ3) is 6.19. The number of nitrogens with zero attached hydrogens (tertiary/aromatic N) is 4. The molecule has 4 aromatic carbocycles. The third-order valence-electron chi connectivity index (χ3n) is 13.2. The molecule has 4 aromatic rings. The monoisotopic (exact) mass is 751 g/mol. The predicted octanol–water partition coefficient (Wildman–Crippen LogP) is 6.17. The summed E-state index contributed by atoms with van der Waals surface area (Å²) in [4.78, 5) is 47.9. The maximum atomic E-state index is 13.8. The first-order valence-electron chi connectivity index (χ1n) is 20.0. The highest BCUT2D eigenvalue weighted by atomic mass is 19.1. The van der Waals surface area contributed by atoms with E-state index >= 15 is 0 Å². The van der Waals surface area contributed by atoms with Gasteiger partial charge in [-0.25, -0.2) is 4.39 Å². The lowest BCUT2D eigenvalue weighted by Crippen LogP contribution is -2.57. The Hall–Kier alpha value is -5.32. The summed E-state index contributed by atoms with van der Waals surface area (Å²) in [6.07, 6.45) is 2.78. The van der Waals surface area contributed by atoms with Gasteiger partial charge in [0.15, 0.2) is 0 Å². The van der Waals surface area contributed by atoms with Gasteiger partial charge >= 0.3 is 0 Å². The highest BCUT2D eigenvalue weighted by molar-refractivity contribution is 6.23. The molecule has 3 saturated heterocycles. The van der Waals surface area contributed by atoms with Crippen LogP contribution in [0.4, 0.5) is 10.1 Å². The summed E-state index contributed by atoms with van der Waals surface area (Å²) in [5.41, 5.74) is 9.72. The van der Waals surface area contributed by atoms with Crippen LogP contribution in [-0.4, -0.2) is 82.8 Å². The molecule has 0 saturated carbocycles.